The van der Waals surface area contributed by atoms with Gasteiger partial charge in [-0.1, -0.05) is 6.07 Å². The van der Waals surface area contributed by atoms with E-state index >= 15 is 0 Å². The molecule has 2 aromatic carbocycles. The van der Waals surface area contributed by atoms with E-state index in [1.165, 1.54) is 26.2 Å². The van der Waals surface area contributed by atoms with Crippen molar-refractivity contribution in [1.82, 2.24) is 8.87 Å². The Kier molecular flexibility index (Phi) is 5.16. The molecule has 3 aromatic rings. The summed E-state index contributed by atoms with van der Waals surface area (Å²) in [6.07, 6.45) is 3.85. The van der Waals surface area contributed by atoms with Crippen LogP contribution in [-0.4, -0.2) is 37.3 Å². The highest BCUT2D eigenvalue weighted by Crippen LogP contribution is 2.19. The SMILES string of the molecule is Cc1ccc(C(=O)Nc2ccc(S(=O)(=O)N(C)C)cc2)cc1-n1cccc1. The maximum absolute atomic E-state index is 12.6. The summed E-state index contributed by atoms with van der Waals surface area (Å²) in [5.74, 6) is -0.258. The molecular formula is C20H21N3O3S. The maximum Gasteiger partial charge on any atom is 0.255 e. The number of hydrogen-bond donors (Lipinski definition) is 1. The number of amides is 1. The van der Waals surface area contributed by atoms with E-state index in [2.05, 4.69) is 5.32 Å². The van der Waals surface area contributed by atoms with Crippen molar-refractivity contribution >= 4 is 21.6 Å². The number of carbonyl (C=O) groups is 1. The smallest absolute Gasteiger partial charge is 0.255 e. The maximum atomic E-state index is 12.6. The van der Waals surface area contributed by atoms with E-state index in [0.29, 0.717) is 11.3 Å². The molecular weight excluding hydrogens is 362 g/mol. The number of hydrogen-bond acceptors (Lipinski definition) is 3. The van der Waals surface area contributed by atoms with Crippen molar-refractivity contribution in [3.05, 3.63) is 78.1 Å². The lowest BCUT2D eigenvalue weighted by molar-refractivity contribution is 0.102. The molecule has 0 unspecified atom stereocenters. The van der Waals surface area contributed by atoms with Gasteiger partial charge in [0.1, 0.15) is 0 Å². The number of nitrogens with zero attached hydrogens (tertiary/aromatic N) is 2. The van der Waals surface area contributed by atoms with Crippen LogP contribution in [0, 0.1) is 6.92 Å². The molecule has 7 heteroatoms. The summed E-state index contributed by atoms with van der Waals surface area (Å²) in [7, 11) is -0.538. The summed E-state index contributed by atoms with van der Waals surface area (Å²) in [5, 5.41) is 2.80. The predicted octanol–water partition coefficient (Wildman–Crippen LogP) is 3.29. The molecule has 0 radical (unpaired) electrons. The molecule has 140 valence electrons. The van der Waals surface area contributed by atoms with E-state index in [1.807, 2.05) is 48.1 Å². The van der Waals surface area contributed by atoms with Gasteiger partial charge < -0.3 is 9.88 Å². The van der Waals surface area contributed by atoms with Gasteiger partial charge in [0.15, 0.2) is 0 Å². The van der Waals surface area contributed by atoms with Gasteiger partial charge >= 0.3 is 0 Å². The third-order valence-electron chi connectivity index (χ3n) is 4.24. The van der Waals surface area contributed by atoms with Gasteiger partial charge in [0.2, 0.25) is 10.0 Å². The molecule has 0 saturated heterocycles. The zero-order valence-corrected chi connectivity index (χ0v) is 16.2. The first kappa shape index (κ1) is 18.9. The molecule has 1 N–H and O–H groups in total. The first-order valence-electron chi connectivity index (χ1n) is 8.37. The Morgan fingerprint density at radius 1 is 1.00 bits per heavy atom. The van der Waals surface area contributed by atoms with Crippen LogP contribution >= 0.6 is 0 Å². The largest absolute Gasteiger partial charge is 0.324 e. The molecule has 0 atom stereocenters. The molecule has 0 saturated carbocycles. The Bertz CT molecular complexity index is 1050. The number of carbonyl (C=O) groups excluding carboxylic acids is 1. The third-order valence-corrected chi connectivity index (χ3v) is 6.07. The Hall–Kier alpha value is -2.90. The van der Waals surface area contributed by atoms with E-state index in [4.69, 9.17) is 0 Å². The second-order valence-electron chi connectivity index (χ2n) is 6.36. The molecule has 1 heterocycles. The molecule has 27 heavy (non-hydrogen) atoms. The normalized spacial score (nSPS) is 11.6. The minimum atomic E-state index is -3.49. The summed E-state index contributed by atoms with van der Waals surface area (Å²) >= 11 is 0. The van der Waals surface area contributed by atoms with Gasteiger partial charge in [-0.05, 0) is 61.0 Å². The summed E-state index contributed by atoms with van der Waals surface area (Å²) in [4.78, 5) is 12.8. The van der Waals surface area contributed by atoms with Gasteiger partial charge in [-0.2, -0.15) is 0 Å². The van der Waals surface area contributed by atoms with Crippen LogP contribution < -0.4 is 5.32 Å². The molecule has 6 nitrogen and oxygen atoms in total. The fraction of sp³-hybridized carbons (Fsp3) is 0.150. The van der Waals surface area contributed by atoms with Crippen molar-refractivity contribution < 1.29 is 13.2 Å². The third kappa shape index (κ3) is 3.94. The van der Waals surface area contributed by atoms with Gasteiger partial charge in [0.25, 0.3) is 5.91 Å². The lowest BCUT2D eigenvalue weighted by Gasteiger charge is -2.13. The van der Waals surface area contributed by atoms with Crippen molar-refractivity contribution in [2.45, 2.75) is 11.8 Å². The van der Waals surface area contributed by atoms with Crippen LogP contribution in [0.5, 0.6) is 0 Å². The van der Waals surface area contributed by atoms with Crippen LogP contribution in [0.2, 0.25) is 0 Å². The van der Waals surface area contributed by atoms with Gasteiger partial charge in [-0.15, -0.1) is 0 Å². The Morgan fingerprint density at radius 3 is 2.22 bits per heavy atom. The number of anilines is 1. The lowest BCUT2D eigenvalue weighted by atomic mass is 10.1. The van der Waals surface area contributed by atoms with E-state index in [1.54, 1.807) is 18.2 Å². The predicted molar refractivity (Wildman–Crippen MR) is 106 cm³/mol. The van der Waals surface area contributed by atoms with Crippen LogP contribution in [0.1, 0.15) is 15.9 Å². The number of nitrogens with one attached hydrogen (secondary N) is 1. The Balaban J connectivity index is 1.81. The number of aromatic nitrogens is 1. The van der Waals surface area contributed by atoms with E-state index in [9.17, 15) is 13.2 Å². The number of benzene rings is 2. The van der Waals surface area contributed by atoms with Gasteiger partial charge in [-0.25, -0.2) is 12.7 Å². The quantitative estimate of drug-likeness (QED) is 0.735. The fourth-order valence-electron chi connectivity index (χ4n) is 2.65. The first-order chi connectivity index (χ1) is 12.8. The molecule has 0 aliphatic carbocycles. The summed E-state index contributed by atoms with van der Waals surface area (Å²) < 4.78 is 27.3. The summed E-state index contributed by atoms with van der Waals surface area (Å²) in [6, 6.07) is 15.5. The van der Waals surface area contributed by atoms with Crippen molar-refractivity contribution in [2.24, 2.45) is 0 Å². The van der Waals surface area contributed by atoms with Gasteiger partial charge in [0.05, 0.1) is 4.90 Å². The minimum Gasteiger partial charge on any atom is -0.324 e. The fourth-order valence-corrected chi connectivity index (χ4v) is 3.55. The zero-order chi connectivity index (χ0) is 19.6. The highest BCUT2D eigenvalue weighted by Gasteiger charge is 2.17. The first-order valence-corrected chi connectivity index (χ1v) is 9.81. The van der Waals surface area contributed by atoms with Crippen LogP contribution in [0.3, 0.4) is 0 Å². The van der Waals surface area contributed by atoms with Crippen molar-refractivity contribution in [3.8, 4) is 5.69 Å². The second kappa shape index (κ2) is 7.38. The number of aryl methyl sites for hydroxylation is 1. The molecule has 0 bridgehead atoms. The van der Waals surface area contributed by atoms with Crippen molar-refractivity contribution in [2.75, 3.05) is 19.4 Å². The van der Waals surface area contributed by atoms with E-state index in [0.717, 1.165) is 15.6 Å². The van der Waals surface area contributed by atoms with Crippen LogP contribution in [0.4, 0.5) is 5.69 Å². The standard InChI is InChI=1S/C20H21N3O3S/c1-15-6-7-16(14-19(15)23-12-4-5-13-23)20(24)21-17-8-10-18(11-9-17)27(25,26)22(2)3/h4-14H,1-3H3,(H,21,24). The monoisotopic (exact) mass is 383 g/mol. The van der Waals surface area contributed by atoms with Gasteiger partial charge in [-0.3, -0.25) is 4.79 Å². The average Bonchev–Trinajstić information content (AvgIpc) is 3.16. The Labute approximate surface area is 159 Å². The average molecular weight is 383 g/mol. The second-order valence-corrected chi connectivity index (χ2v) is 8.51. The van der Waals surface area contributed by atoms with E-state index in [-0.39, 0.29) is 10.8 Å². The number of rotatable bonds is 5. The van der Waals surface area contributed by atoms with Crippen molar-refractivity contribution in [3.63, 3.8) is 0 Å². The molecule has 0 aliphatic heterocycles. The minimum absolute atomic E-state index is 0.177. The Morgan fingerprint density at radius 2 is 1.63 bits per heavy atom. The molecule has 0 aliphatic rings. The van der Waals surface area contributed by atoms with Crippen molar-refractivity contribution in [1.29, 1.82) is 0 Å². The highest BCUT2D eigenvalue weighted by atomic mass is 32.2. The molecule has 0 fully saturated rings. The summed E-state index contributed by atoms with van der Waals surface area (Å²) in [6.45, 7) is 1.99. The topological polar surface area (TPSA) is 71.4 Å². The molecule has 1 aromatic heterocycles. The van der Waals surface area contributed by atoms with Gasteiger partial charge in [0, 0.05) is 43.4 Å². The van der Waals surface area contributed by atoms with Crippen LogP contribution in [-0.2, 0) is 10.0 Å². The highest BCUT2D eigenvalue weighted by molar-refractivity contribution is 7.89. The lowest BCUT2D eigenvalue weighted by Crippen LogP contribution is -2.22. The zero-order valence-electron chi connectivity index (χ0n) is 15.4. The summed E-state index contributed by atoms with van der Waals surface area (Å²) in [5.41, 5.74) is 3.04. The molecule has 3 rings (SSSR count). The van der Waals surface area contributed by atoms with E-state index < -0.39 is 10.0 Å². The van der Waals surface area contributed by atoms with Crippen LogP contribution in [0.25, 0.3) is 5.69 Å². The molecule has 1 amide bonds. The number of sulfonamides is 1. The molecule has 0 spiro atoms. The van der Waals surface area contributed by atoms with Crippen LogP contribution in [0.15, 0.2) is 71.9 Å².